The molecular formula is C19H26Cl2N4O3. The summed E-state index contributed by atoms with van der Waals surface area (Å²) in [6.45, 7) is 3.68. The summed E-state index contributed by atoms with van der Waals surface area (Å²) in [5.41, 5.74) is 7.11. The first-order valence-electron chi connectivity index (χ1n) is 8.75. The summed E-state index contributed by atoms with van der Waals surface area (Å²) in [4.78, 5) is 28.4. The third kappa shape index (κ3) is 6.53. The molecule has 1 fully saturated rings. The van der Waals surface area contributed by atoms with Gasteiger partial charge in [-0.05, 0) is 11.6 Å². The molecule has 0 unspecified atom stereocenters. The summed E-state index contributed by atoms with van der Waals surface area (Å²) in [5.74, 6) is 0.541. The molecule has 1 saturated heterocycles. The van der Waals surface area contributed by atoms with E-state index in [1.54, 1.807) is 11.0 Å². The van der Waals surface area contributed by atoms with Gasteiger partial charge in [-0.15, -0.1) is 24.8 Å². The molecule has 154 valence electrons. The van der Waals surface area contributed by atoms with E-state index >= 15 is 0 Å². The maximum atomic E-state index is 12.4. The summed E-state index contributed by atoms with van der Waals surface area (Å²) < 4.78 is 5.23. The average molecular weight is 429 g/mol. The minimum Gasteiger partial charge on any atom is -0.467 e. The number of hydrogen-bond acceptors (Lipinski definition) is 5. The standard InChI is InChI=1S/C19H24N4O3.2ClH/c20-11-17-10-16(14-26-17)19(25)23-8-6-22(7-9-23)13-18(24)21-12-15-4-2-1-3-5-15;;/h1-5,10,14H,6-9,11-13,20H2,(H,21,24);2*1H. The van der Waals surface area contributed by atoms with Crippen LogP contribution < -0.4 is 11.1 Å². The van der Waals surface area contributed by atoms with Crippen LogP contribution in [0.4, 0.5) is 0 Å². The Bertz CT molecular complexity index is 747. The zero-order valence-electron chi connectivity index (χ0n) is 15.5. The van der Waals surface area contributed by atoms with Crippen molar-refractivity contribution in [2.45, 2.75) is 13.1 Å². The van der Waals surface area contributed by atoms with Gasteiger partial charge in [0.1, 0.15) is 12.0 Å². The molecule has 0 saturated carbocycles. The maximum Gasteiger partial charge on any atom is 0.257 e. The van der Waals surface area contributed by atoms with Gasteiger partial charge < -0.3 is 20.4 Å². The van der Waals surface area contributed by atoms with Gasteiger partial charge in [-0.1, -0.05) is 30.3 Å². The molecule has 1 aliphatic heterocycles. The zero-order chi connectivity index (χ0) is 18.4. The third-order valence-electron chi connectivity index (χ3n) is 4.46. The van der Waals surface area contributed by atoms with Gasteiger partial charge in [0.15, 0.2) is 0 Å². The molecule has 0 aliphatic carbocycles. The lowest BCUT2D eigenvalue weighted by atomic mass is 10.2. The van der Waals surface area contributed by atoms with Crippen molar-refractivity contribution in [2.24, 2.45) is 5.73 Å². The molecule has 2 aromatic rings. The number of rotatable bonds is 6. The summed E-state index contributed by atoms with van der Waals surface area (Å²) in [7, 11) is 0. The van der Waals surface area contributed by atoms with Gasteiger partial charge in [0, 0.05) is 32.7 Å². The van der Waals surface area contributed by atoms with Crippen LogP contribution in [0.5, 0.6) is 0 Å². The van der Waals surface area contributed by atoms with Crippen molar-refractivity contribution in [3.05, 3.63) is 59.5 Å². The lowest BCUT2D eigenvalue weighted by Gasteiger charge is -2.34. The molecule has 0 atom stereocenters. The Hall–Kier alpha value is -2.06. The lowest BCUT2D eigenvalue weighted by Crippen LogP contribution is -2.51. The van der Waals surface area contributed by atoms with Crippen molar-refractivity contribution < 1.29 is 14.0 Å². The van der Waals surface area contributed by atoms with Gasteiger partial charge in [-0.3, -0.25) is 14.5 Å². The van der Waals surface area contributed by atoms with Crippen molar-refractivity contribution >= 4 is 36.6 Å². The van der Waals surface area contributed by atoms with Gasteiger partial charge in [-0.25, -0.2) is 0 Å². The van der Waals surface area contributed by atoms with Crippen LogP contribution in [0.15, 0.2) is 47.1 Å². The molecule has 0 spiro atoms. The summed E-state index contributed by atoms with van der Waals surface area (Å²) in [6, 6.07) is 11.5. The van der Waals surface area contributed by atoms with Gasteiger partial charge in [0.2, 0.25) is 5.91 Å². The fourth-order valence-corrected chi connectivity index (χ4v) is 2.95. The van der Waals surface area contributed by atoms with Crippen LogP contribution >= 0.6 is 24.8 Å². The fourth-order valence-electron chi connectivity index (χ4n) is 2.95. The first kappa shape index (κ1) is 24.0. The van der Waals surface area contributed by atoms with Crippen molar-refractivity contribution in [3.8, 4) is 0 Å². The highest BCUT2D eigenvalue weighted by Crippen LogP contribution is 2.12. The fraction of sp³-hybridized carbons (Fsp3) is 0.368. The van der Waals surface area contributed by atoms with Crippen molar-refractivity contribution in [3.63, 3.8) is 0 Å². The van der Waals surface area contributed by atoms with E-state index in [1.165, 1.54) is 6.26 Å². The van der Waals surface area contributed by atoms with Crippen LogP contribution in [0, 0.1) is 0 Å². The van der Waals surface area contributed by atoms with E-state index in [0.717, 1.165) is 5.56 Å². The van der Waals surface area contributed by atoms with Gasteiger partial charge >= 0.3 is 0 Å². The number of benzene rings is 1. The number of piperazine rings is 1. The first-order chi connectivity index (χ1) is 12.7. The predicted octanol–water partition coefficient (Wildman–Crippen LogP) is 1.66. The van der Waals surface area contributed by atoms with Crippen molar-refractivity contribution in [1.82, 2.24) is 15.1 Å². The Kier molecular flexibility index (Phi) is 10.0. The molecule has 28 heavy (non-hydrogen) atoms. The Balaban J connectivity index is 0.00000196. The number of nitrogens with two attached hydrogens (primary N) is 1. The van der Waals surface area contributed by atoms with E-state index in [4.69, 9.17) is 10.2 Å². The maximum absolute atomic E-state index is 12.4. The summed E-state index contributed by atoms with van der Waals surface area (Å²) >= 11 is 0. The minimum absolute atomic E-state index is 0. The van der Waals surface area contributed by atoms with Gasteiger partial charge in [0.05, 0.1) is 18.7 Å². The number of furan rings is 1. The van der Waals surface area contributed by atoms with Crippen LogP contribution in [-0.4, -0.2) is 54.3 Å². The Morgan fingerprint density at radius 3 is 2.36 bits per heavy atom. The highest BCUT2D eigenvalue weighted by molar-refractivity contribution is 5.94. The molecule has 1 aromatic carbocycles. The molecule has 1 aromatic heterocycles. The molecule has 3 rings (SSSR count). The summed E-state index contributed by atoms with van der Waals surface area (Å²) in [6.07, 6.45) is 1.45. The van der Waals surface area contributed by atoms with Gasteiger partial charge in [0.25, 0.3) is 5.91 Å². The number of carbonyl (C=O) groups is 2. The molecular weight excluding hydrogens is 403 g/mol. The topological polar surface area (TPSA) is 91.8 Å². The van der Waals surface area contributed by atoms with Gasteiger partial charge in [-0.2, -0.15) is 0 Å². The third-order valence-corrected chi connectivity index (χ3v) is 4.46. The zero-order valence-corrected chi connectivity index (χ0v) is 17.1. The smallest absolute Gasteiger partial charge is 0.257 e. The highest BCUT2D eigenvalue weighted by Gasteiger charge is 2.24. The molecule has 2 amide bonds. The number of nitrogens with zero attached hydrogens (tertiary/aromatic N) is 2. The van der Waals surface area contributed by atoms with E-state index in [2.05, 4.69) is 10.2 Å². The van der Waals surface area contributed by atoms with Crippen molar-refractivity contribution in [2.75, 3.05) is 32.7 Å². The Morgan fingerprint density at radius 1 is 1.07 bits per heavy atom. The second-order valence-corrected chi connectivity index (χ2v) is 6.34. The quantitative estimate of drug-likeness (QED) is 0.729. The van der Waals surface area contributed by atoms with E-state index in [1.807, 2.05) is 30.3 Å². The monoisotopic (exact) mass is 428 g/mol. The number of halogens is 2. The van der Waals surface area contributed by atoms with Crippen LogP contribution in [0.1, 0.15) is 21.7 Å². The predicted molar refractivity (Wildman–Crippen MR) is 112 cm³/mol. The largest absolute Gasteiger partial charge is 0.467 e. The van der Waals surface area contributed by atoms with E-state index in [0.29, 0.717) is 50.6 Å². The second-order valence-electron chi connectivity index (χ2n) is 6.34. The molecule has 3 N–H and O–H groups in total. The average Bonchev–Trinajstić information content (AvgIpc) is 3.16. The van der Waals surface area contributed by atoms with Crippen molar-refractivity contribution in [1.29, 1.82) is 0 Å². The van der Waals surface area contributed by atoms with Crippen LogP contribution in [0.3, 0.4) is 0 Å². The lowest BCUT2D eigenvalue weighted by molar-refractivity contribution is -0.122. The van der Waals surface area contributed by atoms with Crippen LogP contribution in [0.25, 0.3) is 0 Å². The number of carbonyl (C=O) groups excluding carboxylic acids is 2. The Morgan fingerprint density at radius 2 is 1.75 bits per heavy atom. The SMILES string of the molecule is Cl.Cl.NCc1cc(C(=O)N2CCN(CC(=O)NCc3ccccc3)CC2)co1. The first-order valence-corrected chi connectivity index (χ1v) is 8.75. The summed E-state index contributed by atoms with van der Waals surface area (Å²) in [5, 5.41) is 2.93. The molecule has 0 bridgehead atoms. The Labute approximate surface area is 177 Å². The van der Waals surface area contributed by atoms with E-state index in [-0.39, 0.29) is 43.2 Å². The molecule has 9 heteroatoms. The highest BCUT2D eigenvalue weighted by atomic mass is 35.5. The van der Waals surface area contributed by atoms with Crippen LogP contribution in [0.2, 0.25) is 0 Å². The van der Waals surface area contributed by atoms with Crippen LogP contribution in [-0.2, 0) is 17.9 Å². The molecule has 1 aliphatic rings. The van der Waals surface area contributed by atoms with E-state index in [9.17, 15) is 9.59 Å². The minimum atomic E-state index is -0.0540. The molecule has 7 nitrogen and oxygen atoms in total. The molecule has 2 heterocycles. The van der Waals surface area contributed by atoms with E-state index < -0.39 is 0 Å². The normalized spacial score (nSPS) is 14.0. The number of hydrogen-bond donors (Lipinski definition) is 2. The second kappa shape index (κ2) is 11.7. The number of amides is 2. The number of nitrogens with one attached hydrogen (secondary N) is 1. The molecule has 0 radical (unpaired) electrons.